The second kappa shape index (κ2) is 12.2. The molecule has 3 aromatic carbocycles. The van der Waals surface area contributed by atoms with Crippen LogP contribution in [0.1, 0.15) is 25.3 Å². The van der Waals surface area contributed by atoms with E-state index in [2.05, 4.69) is 14.8 Å². The predicted molar refractivity (Wildman–Crippen MR) is 156 cm³/mol. The van der Waals surface area contributed by atoms with E-state index in [-0.39, 0.29) is 21.3 Å². The van der Waals surface area contributed by atoms with Crippen LogP contribution in [0.25, 0.3) is 6.08 Å². The van der Waals surface area contributed by atoms with Crippen molar-refractivity contribution in [1.82, 2.24) is 4.72 Å². The van der Waals surface area contributed by atoms with Gasteiger partial charge in [-0.2, -0.15) is 4.72 Å². The summed E-state index contributed by atoms with van der Waals surface area (Å²) in [6, 6.07) is 18.7. The molecule has 0 bridgehead atoms. The summed E-state index contributed by atoms with van der Waals surface area (Å²) in [4.78, 5) is 15.0. The Morgan fingerprint density at radius 2 is 1.59 bits per heavy atom. The maximum absolute atomic E-state index is 13.1. The van der Waals surface area contributed by atoms with Gasteiger partial charge in [0, 0.05) is 18.5 Å². The summed E-state index contributed by atoms with van der Waals surface area (Å²) >= 11 is 6.12. The topological polar surface area (TPSA) is 125 Å². The molecule has 39 heavy (non-hydrogen) atoms. The molecule has 3 aromatic rings. The number of nitrogens with zero attached hydrogens (tertiary/aromatic N) is 1. The highest BCUT2D eigenvalue weighted by Gasteiger charge is 2.24. The van der Waals surface area contributed by atoms with Crippen molar-refractivity contribution in [2.75, 3.05) is 28.0 Å². The number of carbonyl (C=O) groups is 1. The largest absolute Gasteiger partial charge is 0.370 e. The molecular formula is C27H29ClN4O5S2. The van der Waals surface area contributed by atoms with Gasteiger partial charge in [-0.1, -0.05) is 54.1 Å². The number of hydrogen-bond acceptors (Lipinski definition) is 6. The monoisotopic (exact) mass is 588 g/mol. The molecule has 1 aliphatic heterocycles. The molecule has 1 aliphatic rings. The van der Waals surface area contributed by atoms with Gasteiger partial charge in [0.15, 0.2) is 0 Å². The van der Waals surface area contributed by atoms with Crippen LogP contribution in [0.3, 0.4) is 0 Å². The number of anilines is 3. The van der Waals surface area contributed by atoms with Gasteiger partial charge in [0.05, 0.1) is 33.0 Å². The molecule has 1 heterocycles. The zero-order valence-electron chi connectivity index (χ0n) is 21.2. The van der Waals surface area contributed by atoms with Crippen LogP contribution >= 0.6 is 11.6 Å². The van der Waals surface area contributed by atoms with E-state index in [0.29, 0.717) is 11.3 Å². The first-order valence-electron chi connectivity index (χ1n) is 12.3. The molecule has 0 radical (unpaired) electrons. The second-order valence-corrected chi connectivity index (χ2v) is 12.7. The molecule has 0 aliphatic carbocycles. The van der Waals surface area contributed by atoms with Crippen molar-refractivity contribution in [3.8, 4) is 0 Å². The Kier molecular flexibility index (Phi) is 8.96. The number of hydrogen-bond donors (Lipinski definition) is 3. The summed E-state index contributed by atoms with van der Waals surface area (Å²) < 4.78 is 56.2. The Bertz CT molecular complexity index is 1570. The molecule has 12 heteroatoms. The minimum Gasteiger partial charge on any atom is -0.370 e. The van der Waals surface area contributed by atoms with Crippen LogP contribution in [-0.4, -0.2) is 41.9 Å². The van der Waals surface area contributed by atoms with E-state index in [1.807, 2.05) is 11.0 Å². The fourth-order valence-electron chi connectivity index (χ4n) is 4.08. The van der Waals surface area contributed by atoms with Crippen LogP contribution < -0.4 is 19.7 Å². The van der Waals surface area contributed by atoms with Crippen LogP contribution in [0.4, 0.5) is 17.1 Å². The van der Waals surface area contributed by atoms with Crippen LogP contribution in [0.15, 0.2) is 83.1 Å². The molecule has 1 atom stereocenters. The third kappa shape index (κ3) is 7.60. The van der Waals surface area contributed by atoms with Crippen molar-refractivity contribution in [2.24, 2.45) is 0 Å². The lowest BCUT2D eigenvalue weighted by atomic mass is 10.2. The van der Waals surface area contributed by atoms with Gasteiger partial charge in [0.2, 0.25) is 15.9 Å². The lowest BCUT2D eigenvalue weighted by molar-refractivity contribution is -0.117. The number of amides is 1. The second-order valence-electron chi connectivity index (χ2n) is 9.05. The Morgan fingerprint density at radius 3 is 2.28 bits per heavy atom. The highest BCUT2D eigenvalue weighted by Crippen LogP contribution is 2.33. The van der Waals surface area contributed by atoms with Gasteiger partial charge < -0.3 is 10.2 Å². The molecule has 0 unspecified atom stereocenters. The summed E-state index contributed by atoms with van der Waals surface area (Å²) in [5.74, 6) is -0.638. The van der Waals surface area contributed by atoms with Crippen molar-refractivity contribution in [3.63, 3.8) is 0 Å². The molecule has 0 spiro atoms. The van der Waals surface area contributed by atoms with Gasteiger partial charge in [-0.05, 0) is 61.7 Å². The third-order valence-corrected chi connectivity index (χ3v) is 8.94. The standard InChI is InChI=1S/C27H29ClN4O5S2/c1-20(30-38(34,35)18-15-21-9-3-2-4-10-21)27(33)29-25-19-22(13-14-26(25)32-16-7-8-17-32)39(36,37)31-24-12-6-5-11-23(24)28/h2-6,9-15,18-20,30-31H,7-8,16-17H2,1H3,(H,29,33)/b18-15+/t20-/m0/s1. The number of para-hydroxylation sites is 1. The summed E-state index contributed by atoms with van der Waals surface area (Å²) in [7, 11) is -7.97. The van der Waals surface area contributed by atoms with E-state index in [0.717, 1.165) is 31.3 Å². The number of halogens is 1. The van der Waals surface area contributed by atoms with E-state index in [1.54, 1.807) is 54.6 Å². The lowest BCUT2D eigenvalue weighted by Crippen LogP contribution is -2.41. The average molecular weight is 589 g/mol. The first-order valence-corrected chi connectivity index (χ1v) is 15.7. The normalized spacial score (nSPS) is 14.9. The van der Waals surface area contributed by atoms with Crippen LogP contribution in [0, 0.1) is 0 Å². The number of benzene rings is 3. The predicted octanol–water partition coefficient (Wildman–Crippen LogP) is 4.66. The number of nitrogens with one attached hydrogen (secondary N) is 3. The zero-order valence-corrected chi connectivity index (χ0v) is 23.6. The molecule has 1 amide bonds. The molecule has 0 saturated carbocycles. The van der Waals surface area contributed by atoms with E-state index in [4.69, 9.17) is 11.6 Å². The zero-order chi connectivity index (χ0) is 28.0. The average Bonchev–Trinajstić information content (AvgIpc) is 3.44. The summed E-state index contributed by atoms with van der Waals surface area (Å²) in [5, 5.41) is 3.96. The molecule has 1 fully saturated rings. The van der Waals surface area contributed by atoms with Crippen LogP contribution in [-0.2, 0) is 24.8 Å². The Hall–Kier alpha value is -3.38. The van der Waals surface area contributed by atoms with E-state index in [9.17, 15) is 21.6 Å². The Morgan fingerprint density at radius 1 is 0.923 bits per heavy atom. The van der Waals surface area contributed by atoms with Gasteiger partial charge >= 0.3 is 0 Å². The molecule has 9 nitrogen and oxygen atoms in total. The molecule has 1 saturated heterocycles. The quantitative estimate of drug-likeness (QED) is 0.316. The van der Waals surface area contributed by atoms with Gasteiger partial charge in [-0.15, -0.1) is 0 Å². The van der Waals surface area contributed by atoms with E-state index in [1.165, 1.54) is 25.1 Å². The number of carbonyl (C=O) groups excluding carboxylic acids is 1. The van der Waals surface area contributed by atoms with E-state index >= 15 is 0 Å². The van der Waals surface area contributed by atoms with Crippen molar-refractivity contribution >= 4 is 60.7 Å². The number of rotatable bonds is 10. The molecule has 0 aromatic heterocycles. The SMILES string of the molecule is C[C@H](NS(=O)(=O)/C=C/c1ccccc1)C(=O)Nc1cc(S(=O)(=O)Nc2ccccc2Cl)ccc1N1CCCC1. The van der Waals surface area contributed by atoms with Gasteiger partial charge in [0.25, 0.3) is 10.0 Å². The van der Waals surface area contributed by atoms with Crippen LogP contribution in [0.2, 0.25) is 5.02 Å². The Labute approximate surface area is 234 Å². The molecule has 4 rings (SSSR count). The minimum atomic E-state index is -4.04. The summed E-state index contributed by atoms with van der Waals surface area (Å²) in [5.41, 5.74) is 1.82. The van der Waals surface area contributed by atoms with Crippen molar-refractivity contribution in [2.45, 2.75) is 30.7 Å². The van der Waals surface area contributed by atoms with Gasteiger partial charge in [-0.25, -0.2) is 16.8 Å². The maximum atomic E-state index is 13.1. The van der Waals surface area contributed by atoms with E-state index < -0.39 is 32.0 Å². The smallest absolute Gasteiger partial charge is 0.262 e. The molecule has 206 valence electrons. The minimum absolute atomic E-state index is 0.0836. The fraction of sp³-hybridized carbons (Fsp3) is 0.222. The van der Waals surface area contributed by atoms with Crippen LogP contribution in [0.5, 0.6) is 0 Å². The lowest BCUT2D eigenvalue weighted by Gasteiger charge is -2.23. The molecular weight excluding hydrogens is 560 g/mol. The van der Waals surface area contributed by atoms with Gasteiger partial charge in [0.1, 0.15) is 0 Å². The third-order valence-electron chi connectivity index (χ3n) is 6.07. The first-order chi connectivity index (χ1) is 18.5. The van der Waals surface area contributed by atoms with Crippen molar-refractivity contribution in [1.29, 1.82) is 0 Å². The Balaban J connectivity index is 1.55. The van der Waals surface area contributed by atoms with Gasteiger partial charge in [-0.3, -0.25) is 9.52 Å². The maximum Gasteiger partial charge on any atom is 0.262 e. The van der Waals surface area contributed by atoms with Crippen molar-refractivity contribution in [3.05, 3.63) is 88.8 Å². The summed E-state index contributed by atoms with van der Waals surface area (Å²) in [6.45, 7) is 2.91. The number of sulfonamides is 2. The highest BCUT2D eigenvalue weighted by molar-refractivity contribution is 7.93. The summed E-state index contributed by atoms with van der Waals surface area (Å²) in [6.07, 6.45) is 3.36. The van der Waals surface area contributed by atoms with Crippen molar-refractivity contribution < 1.29 is 21.6 Å². The molecule has 3 N–H and O–H groups in total. The highest BCUT2D eigenvalue weighted by atomic mass is 35.5. The fourth-order valence-corrected chi connectivity index (χ4v) is 6.44. The first kappa shape index (κ1) is 28.6.